The van der Waals surface area contributed by atoms with E-state index < -0.39 is 5.97 Å². The maximum Gasteiger partial charge on any atom is 0.341 e. The van der Waals surface area contributed by atoms with E-state index >= 15 is 0 Å². The molecule has 2 aromatic carbocycles. The van der Waals surface area contributed by atoms with Crippen LogP contribution in [0.15, 0.2) is 53.4 Å². The van der Waals surface area contributed by atoms with Gasteiger partial charge in [0, 0.05) is 21.0 Å². The van der Waals surface area contributed by atoms with Gasteiger partial charge in [-0.15, -0.1) is 23.1 Å². The highest BCUT2D eigenvalue weighted by Gasteiger charge is 2.26. The zero-order valence-electron chi connectivity index (χ0n) is 19.5. The fraction of sp³-hybridized carbons (Fsp3) is 0.269. The summed E-state index contributed by atoms with van der Waals surface area (Å²) < 4.78 is 10.1. The number of thioether (sulfide) groups is 1. The van der Waals surface area contributed by atoms with E-state index in [0.717, 1.165) is 41.0 Å². The number of hydrogen-bond donors (Lipinski definition) is 2. The molecule has 0 atom stereocenters. The molecular formula is C26H26N2O5S2. The number of carbonyl (C=O) groups excluding carboxylic acids is 3. The van der Waals surface area contributed by atoms with Crippen molar-refractivity contribution in [1.82, 2.24) is 0 Å². The van der Waals surface area contributed by atoms with Crippen LogP contribution in [-0.2, 0) is 22.4 Å². The molecule has 2 N–H and O–H groups in total. The highest BCUT2D eigenvalue weighted by atomic mass is 32.2. The monoisotopic (exact) mass is 510 g/mol. The predicted octanol–water partition coefficient (Wildman–Crippen LogP) is 5.41. The van der Waals surface area contributed by atoms with E-state index in [1.54, 1.807) is 37.4 Å². The van der Waals surface area contributed by atoms with Crippen molar-refractivity contribution in [2.75, 3.05) is 30.6 Å². The molecule has 182 valence electrons. The van der Waals surface area contributed by atoms with Crippen LogP contribution in [-0.4, -0.2) is 37.8 Å². The first kappa shape index (κ1) is 24.8. The Balaban J connectivity index is 1.37. The minimum absolute atomic E-state index is 0.166. The van der Waals surface area contributed by atoms with Crippen LogP contribution >= 0.6 is 23.1 Å². The van der Waals surface area contributed by atoms with Crippen molar-refractivity contribution in [3.8, 4) is 5.75 Å². The molecule has 3 aromatic rings. The first-order valence-electron chi connectivity index (χ1n) is 11.2. The molecule has 0 aliphatic heterocycles. The third-order valence-electron chi connectivity index (χ3n) is 5.63. The van der Waals surface area contributed by atoms with E-state index in [4.69, 9.17) is 9.47 Å². The lowest BCUT2D eigenvalue weighted by Crippen LogP contribution is -2.16. The molecule has 4 rings (SSSR count). The number of thiophene rings is 1. The van der Waals surface area contributed by atoms with Crippen molar-refractivity contribution < 1.29 is 23.9 Å². The lowest BCUT2D eigenvalue weighted by molar-refractivity contribution is -0.113. The summed E-state index contributed by atoms with van der Waals surface area (Å²) in [6.45, 7) is 0. The lowest BCUT2D eigenvalue weighted by atomic mass is 9.95. The topological polar surface area (TPSA) is 93.7 Å². The van der Waals surface area contributed by atoms with Crippen LogP contribution in [0.1, 0.15) is 44.0 Å². The summed E-state index contributed by atoms with van der Waals surface area (Å²) in [5, 5.41) is 6.35. The van der Waals surface area contributed by atoms with Gasteiger partial charge in [-0.1, -0.05) is 6.07 Å². The largest absolute Gasteiger partial charge is 0.497 e. The van der Waals surface area contributed by atoms with Crippen molar-refractivity contribution >= 4 is 51.6 Å². The van der Waals surface area contributed by atoms with Gasteiger partial charge in [0.25, 0.3) is 5.91 Å². The maximum absolute atomic E-state index is 12.7. The normalized spacial score (nSPS) is 12.4. The Kier molecular flexibility index (Phi) is 8.09. The Labute approximate surface area is 212 Å². The Morgan fingerprint density at radius 1 is 1.00 bits per heavy atom. The van der Waals surface area contributed by atoms with Crippen molar-refractivity contribution in [2.24, 2.45) is 0 Å². The molecule has 0 saturated carbocycles. The van der Waals surface area contributed by atoms with Crippen molar-refractivity contribution in [1.29, 1.82) is 0 Å². The van der Waals surface area contributed by atoms with Gasteiger partial charge in [-0.25, -0.2) is 4.79 Å². The molecule has 7 nitrogen and oxygen atoms in total. The number of nitrogens with one attached hydrogen (secondary N) is 2. The summed E-state index contributed by atoms with van der Waals surface area (Å²) in [5.74, 6) is 0.00210. The van der Waals surface area contributed by atoms with Crippen LogP contribution in [0.4, 0.5) is 10.7 Å². The van der Waals surface area contributed by atoms with Crippen molar-refractivity contribution in [2.45, 2.75) is 30.6 Å². The summed E-state index contributed by atoms with van der Waals surface area (Å²) in [4.78, 5) is 39.6. The van der Waals surface area contributed by atoms with Crippen LogP contribution < -0.4 is 15.4 Å². The van der Waals surface area contributed by atoms with Gasteiger partial charge in [-0.3, -0.25) is 9.59 Å². The smallest absolute Gasteiger partial charge is 0.341 e. The molecule has 0 radical (unpaired) electrons. The number of hydrogen-bond acceptors (Lipinski definition) is 7. The van der Waals surface area contributed by atoms with E-state index in [2.05, 4.69) is 10.6 Å². The van der Waals surface area contributed by atoms with E-state index in [9.17, 15) is 14.4 Å². The second kappa shape index (κ2) is 11.4. The number of methoxy groups -OCH3 is 2. The third-order valence-corrected chi connectivity index (χ3v) is 7.83. The van der Waals surface area contributed by atoms with E-state index in [-0.39, 0.29) is 17.6 Å². The highest BCUT2D eigenvalue weighted by molar-refractivity contribution is 8.00. The predicted molar refractivity (Wildman–Crippen MR) is 139 cm³/mol. The Hall–Kier alpha value is -3.30. The van der Waals surface area contributed by atoms with Crippen LogP contribution in [0, 0.1) is 0 Å². The van der Waals surface area contributed by atoms with E-state index in [1.807, 2.05) is 18.2 Å². The SMILES string of the molecule is COC(=O)c1c(NC(=O)CSc2cccc(NC(=O)c3ccc(OC)cc3)c2)sc2c1CCCC2. The van der Waals surface area contributed by atoms with Gasteiger partial charge in [0.1, 0.15) is 10.8 Å². The van der Waals surface area contributed by atoms with E-state index in [1.165, 1.54) is 30.2 Å². The van der Waals surface area contributed by atoms with Gasteiger partial charge in [0.2, 0.25) is 5.91 Å². The Morgan fingerprint density at radius 2 is 1.77 bits per heavy atom. The van der Waals surface area contributed by atoms with Gasteiger partial charge in [-0.2, -0.15) is 0 Å². The third kappa shape index (κ3) is 6.04. The molecule has 9 heteroatoms. The zero-order valence-corrected chi connectivity index (χ0v) is 21.1. The molecule has 0 bridgehead atoms. The first-order valence-corrected chi connectivity index (χ1v) is 13.0. The van der Waals surface area contributed by atoms with Crippen molar-refractivity contribution in [3.63, 3.8) is 0 Å². The molecule has 1 aliphatic carbocycles. The van der Waals surface area contributed by atoms with Crippen LogP contribution in [0.25, 0.3) is 0 Å². The number of ether oxygens (including phenoxy) is 2. The fourth-order valence-electron chi connectivity index (χ4n) is 3.89. The summed E-state index contributed by atoms with van der Waals surface area (Å²) in [5.41, 5.74) is 2.66. The standard InChI is InChI=1S/C26H26N2O5S2/c1-32-18-12-10-16(11-13-18)24(30)27-17-6-5-7-19(14-17)34-15-22(29)28-25-23(26(31)33-2)20-8-3-4-9-21(20)35-25/h5-7,10-14H,3-4,8-9,15H2,1-2H3,(H,27,30)(H,28,29). The molecule has 0 unspecified atom stereocenters. The average Bonchev–Trinajstić information content (AvgIpc) is 3.25. The molecule has 0 saturated heterocycles. The summed E-state index contributed by atoms with van der Waals surface area (Å²) in [6.07, 6.45) is 3.87. The fourth-order valence-corrected chi connectivity index (χ4v) is 5.94. The Bertz CT molecular complexity index is 1240. The minimum atomic E-state index is -0.410. The number of rotatable bonds is 8. The molecular weight excluding hydrogens is 484 g/mol. The number of esters is 1. The Morgan fingerprint density at radius 3 is 2.51 bits per heavy atom. The number of amides is 2. The van der Waals surface area contributed by atoms with E-state index in [0.29, 0.717) is 27.6 Å². The quantitative estimate of drug-likeness (QED) is 0.311. The average molecular weight is 511 g/mol. The lowest BCUT2D eigenvalue weighted by Gasteiger charge is -2.11. The molecule has 0 spiro atoms. The summed E-state index contributed by atoms with van der Waals surface area (Å²) in [7, 11) is 2.93. The van der Waals surface area contributed by atoms with Gasteiger partial charge in [0.05, 0.1) is 25.5 Å². The molecule has 35 heavy (non-hydrogen) atoms. The second-order valence-electron chi connectivity index (χ2n) is 7.95. The van der Waals surface area contributed by atoms with Gasteiger partial charge < -0.3 is 20.1 Å². The number of anilines is 2. The molecule has 0 fully saturated rings. The van der Waals surface area contributed by atoms with Crippen LogP contribution in [0.2, 0.25) is 0 Å². The number of carbonyl (C=O) groups is 3. The minimum Gasteiger partial charge on any atom is -0.497 e. The number of fused-ring (bicyclic) bond motifs is 1. The number of aryl methyl sites for hydroxylation is 1. The zero-order chi connectivity index (χ0) is 24.8. The van der Waals surface area contributed by atoms with Gasteiger partial charge in [-0.05, 0) is 73.7 Å². The van der Waals surface area contributed by atoms with Crippen LogP contribution in [0.5, 0.6) is 5.75 Å². The van der Waals surface area contributed by atoms with Gasteiger partial charge in [0.15, 0.2) is 0 Å². The second-order valence-corrected chi connectivity index (χ2v) is 10.1. The van der Waals surface area contributed by atoms with Gasteiger partial charge >= 0.3 is 5.97 Å². The number of benzene rings is 2. The first-order chi connectivity index (χ1) is 17.0. The molecule has 1 aliphatic rings. The molecule has 1 heterocycles. The summed E-state index contributed by atoms with van der Waals surface area (Å²) in [6, 6.07) is 14.2. The highest BCUT2D eigenvalue weighted by Crippen LogP contribution is 2.38. The van der Waals surface area contributed by atoms with Crippen LogP contribution in [0.3, 0.4) is 0 Å². The molecule has 1 aromatic heterocycles. The maximum atomic E-state index is 12.7. The molecule has 2 amide bonds. The summed E-state index contributed by atoms with van der Waals surface area (Å²) >= 11 is 2.82. The van der Waals surface area contributed by atoms with Crippen molar-refractivity contribution in [3.05, 3.63) is 70.1 Å².